The molecule has 0 fully saturated rings. The highest BCUT2D eigenvalue weighted by Crippen LogP contribution is 2.30. The van der Waals surface area contributed by atoms with Crippen molar-refractivity contribution in [3.05, 3.63) is 63.1 Å². The number of nitrogens with one attached hydrogen (secondary N) is 1. The lowest BCUT2D eigenvalue weighted by Gasteiger charge is -2.09. The number of carbonyl (C=O) groups is 1. The van der Waals surface area contributed by atoms with E-state index in [1.807, 2.05) is 0 Å². The van der Waals surface area contributed by atoms with Crippen LogP contribution in [0.5, 0.6) is 0 Å². The lowest BCUT2D eigenvalue weighted by Crippen LogP contribution is -2.12. The number of rotatable bonds is 2. The van der Waals surface area contributed by atoms with Gasteiger partial charge in [-0.3, -0.25) is 4.79 Å². The van der Waals surface area contributed by atoms with Crippen LogP contribution in [0.2, 0.25) is 15.1 Å². The van der Waals surface area contributed by atoms with Gasteiger partial charge in [0.2, 0.25) is 0 Å². The zero-order chi connectivity index (χ0) is 13.1. The third kappa shape index (κ3) is 2.96. The van der Waals surface area contributed by atoms with Gasteiger partial charge in [-0.15, -0.1) is 0 Å². The lowest BCUT2D eigenvalue weighted by atomic mass is 10.2. The minimum absolute atomic E-state index is 0.290. The molecule has 2 aromatic rings. The average Bonchev–Trinajstić information content (AvgIpc) is 2.34. The normalized spacial score (nSPS) is 10.2. The van der Waals surface area contributed by atoms with Crippen molar-refractivity contribution in [3.63, 3.8) is 0 Å². The second-order valence-corrected chi connectivity index (χ2v) is 4.81. The molecule has 0 atom stereocenters. The number of benzene rings is 2. The molecule has 1 amide bonds. The molecule has 0 bridgehead atoms. The van der Waals surface area contributed by atoms with E-state index in [-0.39, 0.29) is 5.91 Å². The van der Waals surface area contributed by atoms with Gasteiger partial charge < -0.3 is 5.32 Å². The number of hydrogen-bond donors (Lipinski definition) is 1. The summed E-state index contributed by atoms with van der Waals surface area (Å²) in [6, 6.07) is 11.6. The third-order valence-electron chi connectivity index (χ3n) is 2.31. The Labute approximate surface area is 119 Å². The summed E-state index contributed by atoms with van der Waals surface area (Å²) in [5.41, 5.74) is 0.885. The number of amides is 1. The van der Waals surface area contributed by atoms with E-state index in [1.165, 1.54) is 0 Å². The third-order valence-corrected chi connectivity index (χ3v) is 3.19. The molecule has 1 N–H and O–H groups in total. The first-order chi connectivity index (χ1) is 8.58. The fraction of sp³-hybridized carbons (Fsp3) is 0. The van der Waals surface area contributed by atoms with Crippen LogP contribution in [0.1, 0.15) is 10.4 Å². The van der Waals surface area contributed by atoms with Gasteiger partial charge in [0.15, 0.2) is 0 Å². The Balaban J connectivity index is 2.24. The molecule has 0 aliphatic heterocycles. The molecule has 2 aromatic carbocycles. The van der Waals surface area contributed by atoms with Crippen LogP contribution in [0.15, 0.2) is 42.5 Å². The van der Waals surface area contributed by atoms with Gasteiger partial charge in [0.1, 0.15) is 0 Å². The molecule has 92 valence electrons. The maximum Gasteiger partial charge on any atom is 0.255 e. The SMILES string of the molecule is O=C(Nc1c(Cl)cccc1Cl)c1ccc(Cl)cc1. The minimum atomic E-state index is -0.290. The van der Waals surface area contributed by atoms with E-state index in [9.17, 15) is 4.79 Å². The Morgan fingerprint density at radius 1 is 0.889 bits per heavy atom. The van der Waals surface area contributed by atoms with Crippen LogP contribution >= 0.6 is 34.8 Å². The van der Waals surface area contributed by atoms with Crippen LogP contribution in [-0.2, 0) is 0 Å². The smallest absolute Gasteiger partial charge is 0.255 e. The molecule has 0 unspecified atom stereocenters. The van der Waals surface area contributed by atoms with E-state index in [0.29, 0.717) is 26.3 Å². The van der Waals surface area contributed by atoms with Crippen molar-refractivity contribution in [3.8, 4) is 0 Å². The quantitative estimate of drug-likeness (QED) is 0.840. The summed E-state index contributed by atoms with van der Waals surface area (Å²) in [4.78, 5) is 12.0. The van der Waals surface area contributed by atoms with Crippen LogP contribution in [0.3, 0.4) is 0 Å². The van der Waals surface area contributed by atoms with E-state index in [4.69, 9.17) is 34.8 Å². The van der Waals surface area contributed by atoms with Gasteiger partial charge in [-0.25, -0.2) is 0 Å². The molecule has 0 saturated carbocycles. The Hall–Kier alpha value is -1.22. The molecule has 0 heterocycles. The van der Waals surface area contributed by atoms with Gasteiger partial charge in [-0.2, -0.15) is 0 Å². The van der Waals surface area contributed by atoms with E-state index < -0.39 is 0 Å². The molecular formula is C13H8Cl3NO. The number of halogens is 3. The summed E-state index contributed by atoms with van der Waals surface area (Å²) in [6.07, 6.45) is 0. The largest absolute Gasteiger partial charge is 0.319 e. The number of carbonyl (C=O) groups excluding carboxylic acids is 1. The van der Waals surface area contributed by atoms with Gasteiger partial charge >= 0.3 is 0 Å². The minimum Gasteiger partial charge on any atom is -0.319 e. The molecular weight excluding hydrogens is 293 g/mol. The molecule has 0 aliphatic rings. The van der Waals surface area contributed by atoms with Gasteiger partial charge in [0.05, 0.1) is 15.7 Å². The predicted octanol–water partition coefficient (Wildman–Crippen LogP) is 4.90. The van der Waals surface area contributed by atoms with Crippen molar-refractivity contribution in [2.75, 3.05) is 5.32 Å². The van der Waals surface area contributed by atoms with Gasteiger partial charge in [-0.05, 0) is 36.4 Å². The first-order valence-corrected chi connectivity index (χ1v) is 6.22. The molecule has 18 heavy (non-hydrogen) atoms. The van der Waals surface area contributed by atoms with E-state index in [0.717, 1.165) is 0 Å². The maximum atomic E-state index is 12.0. The summed E-state index contributed by atoms with van der Waals surface area (Å²) >= 11 is 17.7. The summed E-state index contributed by atoms with van der Waals surface area (Å²) < 4.78 is 0. The molecule has 2 nitrogen and oxygen atoms in total. The zero-order valence-corrected chi connectivity index (χ0v) is 11.4. The topological polar surface area (TPSA) is 29.1 Å². The number of anilines is 1. The summed E-state index contributed by atoms with van der Waals surface area (Å²) in [5.74, 6) is -0.290. The number of hydrogen-bond acceptors (Lipinski definition) is 1. The first-order valence-electron chi connectivity index (χ1n) is 5.09. The van der Waals surface area contributed by atoms with Crippen molar-refractivity contribution >= 4 is 46.4 Å². The summed E-state index contributed by atoms with van der Waals surface area (Å²) in [5, 5.41) is 4.03. The van der Waals surface area contributed by atoms with Gasteiger partial charge in [-0.1, -0.05) is 40.9 Å². The monoisotopic (exact) mass is 299 g/mol. The highest BCUT2D eigenvalue weighted by Gasteiger charge is 2.11. The van der Waals surface area contributed by atoms with E-state index in [2.05, 4.69) is 5.32 Å². The first kappa shape index (κ1) is 13.2. The molecule has 0 aromatic heterocycles. The molecule has 5 heteroatoms. The van der Waals surface area contributed by atoms with Crippen LogP contribution in [0.25, 0.3) is 0 Å². The molecule has 0 aliphatic carbocycles. The Morgan fingerprint density at radius 2 is 1.44 bits per heavy atom. The predicted molar refractivity (Wildman–Crippen MR) is 75.9 cm³/mol. The van der Waals surface area contributed by atoms with Crippen LogP contribution in [-0.4, -0.2) is 5.91 Å². The van der Waals surface area contributed by atoms with Crippen molar-refractivity contribution in [2.45, 2.75) is 0 Å². The van der Waals surface area contributed by atoms with Crippen molar-refractivity contribution < 1.29 is 4.79 Å². The lowest BCUT2D eigenvalue weighted by molar-refractivity contribution is 0.102. The summed E-state index contributed by atoms with van der Waals surface area (Å²) in [7, 11) is 0. The van der Waals surface area contributed by atoms with Crippen LogP contribution in [0.4, 0.5) is 5.69 Å². The highest BCUT2D eigenvalue weighted by atomic mass is 35.5. The molecule has 0 saturated heterocycles. The molecule has 0 radical (unpaired) electrons. The van der Waals surface area contributed by atoms with Crippen molar-refractivity contribution in [2.24, 2.45) is 0 Å². The fourth-order valence-electron chi connectivity index (χ4n) is 1.40. The van der Waals surface area contributed by atoms with Crippen molar-refractivity contribution in [1.82, 2.24) is 0 Å². The Kier molecular flexibility index (Phi) is 4.12. The van der Waals surface area contributed by atoms with Gasteiger partial charge in [0.25, 0.3) is 5.91 Å². The highest BCUT2D eigenvalue weighted by molar-refractivity contribution is 6.40. The maximum absolute atomic E-state index is 12.0. The van der Waals surface area contributed by atoms with Gasteiger partial charge in [0, 0.05) is 10.6 Å². The molecule has 0 spiro atoms. The van der Waals surface area contributed by atoms with Crippen molar-refractivity contribution in [1.29, 1.82) is 0 Å². The second kappa shape index (κ2) is 5.61. The molecule has 2 rings (SSSR count). The Morgan fingerprint density at radius 3 is 2.00 bits per heavy atom. The summed E-state index contributed by atoms with van der Waals surface area (Å²) in [6.45, 7) is 0. The fourth-order valence-corrected chi connectivity index (χ4v) is 2.02. The Bertz CT molecular complexity index is 561. The number of para-hydroxylation sites is 1. The average molecular weight is 301 g/mol. The van der Waals surface area contributed by atoms with Crippen LogP contribution in [0, 0.1) is 0 Å². The van der Waals surface area contributed by atoms with E-state index in [1.54, 1.807) is 42.5 Å². The zero-order valence-electron chi connectivity index (χ0n) is 9.08. The second-order valence-electron chi connectivity index (χ2n) is 3.56. The van der Waals surface area contributed by atoms with Crippen LogP contribution < -0.4 is 5.32 Å². The van der Waals surface area contributed by atoms with E-state index >= 15 is 0 Å². The standard InChI is InChI=1S/C13H8Cl3NO/c14-9-6-4-8(5-7-9)13(18)17-12-10(15)2-1-3-11(12)16/h1-7H,(H,17,18).